The summed E-state index contributed by atoms with van der Waals surface area (Å²) in [4.78, 5) is 0. The molecule has 0 aliphatic heterocycles. The fourth-order valence-electron chi connectivity index (χ4n) is 3.65. The number of nitrogens with one attached hydrogen (secondary N) is 1. The molecule has 2 aromatic carbocycles. The van der Waals surface area contributed by atoms with Gasteiger partial charge in [-0.05, 0) is 78.8 Å². The lowest BCUT2D eigenvalue weighted by molar-refractivity contribution is -0.137. The van der Waals surface area contributed by atoms with Gasteiger partial charge in [0.15, 0.2) is 5.75 Å². The van der Waals surface area contributed by atoms with Crippen molar-refractivity contribution in [3.05, 3.63) is 63.2 Å². The molecule has 0 radical (unpaired) electrons. The molecule has 0 unspecified atom stereocenters. The first-order valence-corrected chi connectivity index (χ1v) is 14.0. The molecule has 0 aliphatic rings. The molecule has 6 nitrogen and oxygen atoms in total. The molecule has 0 aliphatic carbocycles. The van der Waals surface area contributed by atoms with E-state index < -0.39 is 39.2 Å². The van der Waals surface area contributed by atoms with E-state index in [4.69, 9.17) is 4.74 Å². The summed E-state index contributed by atoms with van der Waals surface area (Å²) >= 11 is 2.00. The predicted octanol–water partition coefficient (Wildman–Crippen LogP) is 7.09. The van der Waals surface area contributed by atoms with Crippen molar-refractivity contribution in [1.29, 1.82) is 0 Å². The Hall–Kier alpha value is -2.33. The van der Waals surface area contributed by atoms with Gasteiger partial charge in [-0.15, -0.1) is 0 Å². The number of sulfonamides is 1. The zero-order valence-corrected chi connectivity index (χ0v) is 23.4. The first-order chi connectivity index (χ1) is 17.4. The number of hydrogen-bond acceptors (Lipinski definition) is 4. The minimum atomic E-state index is -4.89. The van der Waals surface area contributed by atoms with Crippen LogP contribution >= 0.6 is 22.6 Å². The van der Waals surface area contributed by atoms with E-state index in [0.717, 1.165) is 12.1 Å². The predicted molar refractivity (Wildman–Crippen MR) is 138 cm³/mol. The van der Waals surface area contributed by atoms with Crippen LogP contribution in [0, 0.1) is 3.57 Å². The molecule has 0 spiro atoms. The van der Waals surface area contributed by atoms with Crippen molar-refractivity contribution in [2.75, 3.05) is 5.75 Å². The number of halogens is 7. The normalized spacial score (nSPS) is 13.1. The summed E-state index contributed by atoms with van der Waals surface area (Å²) < 4.78 is 111. The molecule has 0 amide bonds. The van der Waals surface area contributed by atoms with E-state index in [0.29, 0.717) is 39.2 Å². The van der Waals surface area contributed by atoms with Crippen molar-refractivity contribution in [3.8, 4) is 22.9 Å². The molecule has 0 saturated heterocycles. The smallest absolute Gasteiger partial charge is 0.416 e. The van der Waals surface area contributed by atoms with Crippen molar-refractivity contribution >= 4 is 32.6 Å². The number of aromatic nitrogens is 2. The molecule has 0 atom stereocenters. The van der Waals surface area contributed by atoms with E-state index in [1.54, 1.807) is 28.9 Å². The summed E-state index contributed by atoms with van der Waals surface area (Å²) in [6.45, 7) is 5.24. The van der Waals surface area contributed by atoms with Gasteiger partial charge in [-0.1, -0.05) is 25.1 Å². The lowest BCUT2D eigenvalue weighted by Gasteiger charge is -2.27. The zero-order valence-electron chi connectivity index (χ0n) is 20.4. The molecular formula is C24H24F6IN3O3S. The maximum absolute atomic E-state index is 12.9. The topological polar surface area (TPSA) is 73.2 Å². The van der Waals surface area contributed by atoms with Gasteiger partial charge in [-0.25, -0.2) is 17.8 Å². The Morgan fingerprint density at radius 1 is 1.00 bits per heavy atom. The third-order valence-corrected chi connectivity index (χ3v) is 7.81. The van der Waals surface area contributed by atoms with Gasteiger partial charge >= 0.3 is 12.4 Å². The van der Waals surface area contributed by atoms with Crippen LogP contribution in [-0.2, 0) is 28.3 Å². The van der Waals surface area contributed by atoms with Gasteiger partial charge in [-0.2, -0.15) is 31.4 Å². The van der Waals surface area contributed by atoms with E-state index in [9.17, 15) is 34.8 Å². The van der Waals surface area contributed by atoms with Crippen molar-refractivity contribution in [1.82, 2.24) is 14.5 Å². The quantitative estimate of drug-likeness (QED) is 0.194. The molecule has 3 aromatic rings. The lowest BCUT2D eigenvalue weighted by Crippen LogP contribution is -2.44. The molecule has 1 N–H and O–H groups in total. The summed E-state index contributed by atoms with van der Waals surface area (Å²) in [7, 11) is -4.67. The average molecular weight is 675 g/mol. The van der Waals surface area contributed by atoms with Crippen molar-refractivity contribution < 1.29 is 39.5 Å². The van der Waals surface area contributed by atoms with E-state index in [-0.39, 0.29) is 5.75 Å². The van der Waals surface area contributed by atoms with E-state index in [1.165, 1.54) is 26.0 Å². The van der Waals surface area contributed by atoms with Crippen LogP contribution < -0.4 is 9.46 Å². The Bertz CT molecular complexity index is 1380. The minimum absolute atomic E-state index is 0.175. The highest BCUT2D eigenvalue weighted by atomic mass is 127. The van der Waals surface area contributed by atoms with Crippen LogP contribution in [0.1, 0.15) is 38.3 Å². The Labute approximate surface area is 229 Å². The highest BCUT2D eigenvalue weighted by molar-refractivity contribution is 14.1. The van der Waals surface area contributed by atoms with Crippen molar-refractivity contribution in [3.63, 3.8) is 0 Å². The second-order valence-electron chi connectivity index (χ2n) is 9.00. The van der Waals surface area contributed by atoms with Crippen molar-refractivity contribution in [2.24, 2.45) is 0 Å². The monoisotopic (exact) mass is 675 g/mol. The molecule has 0 fully saturated rings. The highest BCUT2D eigenvalue weighted by Gasteiger charge is 2.38. The van der Waals surface area contributed by atoms with E-state index in [1.807, 2.05) is 29.5 Å². The third-order valence-electron chi connectivity index (χ3n) is 5.30. The number of rotatable bonds is 9. The van der Waals surface area contributed by atoms with Crippen LogP contribution in [-0.4, -0.2) is 30.1 Å². The van der Waals surface area contributed by atoms with Gasteiger partial charge in [0.2, 0.25) is 15.9 Å². The van der Waals surface area contributed by atoms with Crippen LogP contribution in [0.5, 0.6) is 11.6 Å². The third kappa shape index (κ3) is 7.62. The Balaban J connectivity index is 1.96. The largest absolute Gasteiger partial charge is 0.438 e. The molecule has 208 valence electrons. The summed E-state index contributed by atoms with van der Waals surface area (Å²) in [6.07, 6.45) is -8.70. The Kier molecular flexibility index (Phi) is 8.78. The molecule has 14 heteroatoms. The van der Waals surface area contributed by atoms with Crippen LogP contribution in [0.25, 0.3) is 11.3 Å². The molecule has 1 heterocycles. The second kappa shape index (κ2) is 11.0. The number of nitrogens with zero attached hydrogens (tertiary/aromatic N) is 2. The van der Waals surface area contributed by atoms with Crippen LogP contribution in [0.2, 0.25) is 0 Å². The summed E-state index contributed by atoms with van der Waals surface area (Å²) in [5.41, 5.74) is -0.796. The standard InChI is InChI=1S/C24H24F6IN3O3S/c1-4-12-34-21(37-18-10-8-16(9-11-18)24(28,29)30)19(31)20(32-34)15-6-5-7-17(13-15)22(2,3)33-38(35,36)14-23(25,26)27/h5-11,13,33H,4,12,14H2,1-3H3. The number of hydrogen-bond donors (Lipinski definition) is 1. The summed E-state index contributed by atoms with van der Waals surface area (Å²) in [5.74, 6) is -1.53. The van der Waals surface area contributed by atoms with Gasteiger partial charge in [0.05, 0.1) is 11.1 Å². The average Bonchev–Trinajstić information content (AvgIpc) is 3.07. The number of aryl methyl sites for hydroxylation is 1. The summed E-state index contributed by atoms with van der Waals surface area (Å²) in [6, 6.07) is 10.7. The van der Waals surface area contributed by atoms with Crippen LogP contribution in [0.3, 0.4) is 0 Å². The second-order valence-corrected chi connectivity index (χ2v) is 11.8. The first kappa shape index (κ1) is 30.2. The number of alkyl halides is 6. The molecule has 1 aromatic heterocycles. The molecule has 0 saturated carbocycles. The molecular weight excluding hydrogens is 651 g/mol. The van der Waals surface area contributed by atoms with Crippen LogP contribution in [0.4, 0.5) is 26.3 Å². The summed E-state index contributed by atoms with van der Waals surface area (Å²) in [5, 5.41) is 4.59. The zero-order chi connectivity index (χ0) is 28.5. The maximum Gasteiger partial charge on any atom is 0.416 e. The van der Waals surface area contributed by atoms with Gasteiger partial charge < -0.3 is 4.74 Å². The van der Waals surface area contributed by atoms with Crippen molar-refractivity contribution in [2.45, 2.75) is 51.6 Å². The number of ether oxygens (including phenoxy) is 1. The SMILES string of the molecule is CCCn1nc(-c2cccc(C(C)(C)NS(=O)(=O)CC(F)(F)F)c2)c(I)c1Oc1ccc(C(F)(F)F)cc1. The van der Waals surface area contributed by atoms with Gasteiger partial charge in [0, 0.05) is 12.1 Å². The number of benzene rings is 2. The Morgan fingerprint density at radius 3 is 2.18 bits per heavy atom. The fraction of sp³-hybridized carbons (Fsp3) is 0.375. The van der Waals surface area contributed by atoms with Gasteiger partial charge in [0.1, 0.15) is 15.0 Å². The Morgan fingerprint density at radius 2 is 1.63 bits per heavy atom. The van der Waals surface area contributed by atoms with Gasteiger partial charge in [0.25, 0.3) is 0 Å². The molecule has 3 rings (SSSR count). The highest BCUT2D eigenvalue weighted by Crippen LogP contribution is 2.37. The first-order valence-electron chi connectivity index (χ1n) is 11.2. The van der Waals surface area contributed by atoms with Crippen LogP contribution in [0.15, 0.2) is 48.5 Å². The van der Waals surface area contributed by atoms with E-state index in [2.05, 4.69) is 9.82 Å². The molecule has 0 bridgehead atoms. The lowest BCUT2D eigenvalue weighted by atomic mass is 9.93. The van der Waals surface area contributed by atoms with E-state index >= 15 is 0 Å². The van der Waals surface area contributed by atoms with Gasteiger partial charge in [-0.3, -0.25) is 0 Å². The molecule has 38 heavy (non-hydrogen) atoms. The fourth-order valence-corrected chi connectivity index (χ4v) is 5.85. The maximum atomic E-state index is 12.9. The minimum Gasteiger partial charge on any atom is -0.438 e.